The average molecular weight is 1050 g/mol. The van der Waals surface area contributed by atoms with E-state index in [1.54, 1.807) is 0 Å². The van der Waals surface area contributed by atoms with Crippen LogP contribution in [0.4, 0.5) is 0 Å². The van der Waals surface area contributed by atoms with E-state index in [-0.39, 0.29) is 18.3 Å². The van der Waals surface area contributed by atoms with Crippen LogP contribution >= 0.6 is 0 Å². The molecule has 1 aliphatic heterocycles. The highest BCUT2D eigenvalue weighted by Gasteiger charge is 2.51. The van der Waals surface area contributed by atoms with Gasteiger partial charge in [-0.3, -0.25) is 9.13 Å². The Morgan fingerprint density at radius 2 is 0.753 bits per heavy atom. The Labute approximate surface area is 471 Å². The normalized spacial score (nSPS) is 13.8. The van der Waals surface area contributed by atoms with E-state index < -0.39 is 0 Å². The molecule has 0 saturated carbocycles. The lowest BCUT2D eigenvalue weighted by atomic mass is 9.79. The summed E-state index contributed by atoms with van der Waals surface area (Å²) in [6.07, 6.45) is 0. The van der Waals surface area contributed by atoms with Crippen LogP contribution in [0, 0.1) is 0 Å². The minimum absolute atomic E-state index is 0.350. The molecule has 14 aromatic rings. The summed E-state index contributed by atoms with van der Waals surface area (Å²) in [7, 11) is -0.364. The largest absolute Gasteiger partial charge is 0.494 e. The van der Waals surface area contributed by atoms with Crippen molar-refractivity contribution in [3.63, 3.8) is 0 Å². The summed E-state index contributed by atoms with van der Waals surface area (Å²) in [4.78, 5) is 15.3. The number of imidazole rings is 2. The Balaban J connectivity index is 0.000000167. The van der Waals surface area contributed by atoms with Gasteiger partial charge < -0.3 is 9.31 Å². The van der Waals surface area contributed by atoms with Crippen molar-refractivity contribution in [3.8, 4) is 67.7 Å². The van der Waals surface area contributed by atoms with Crippen LogP contribution in [0.3, 0.4) is 0 Å². The Morgan fingerprint density at radius 3 is 1.31 bits per heavy atom. The molecule has 81 heavy (non-hydrogen) atoms. The summed E-state index contributed by atoms with van der Waals surface area (Å²) in [5.74, 6) is 1.84. The number of para-hydroxylation sites is 6. The van der Waals surface area contributed by atoms with E-state index in [2.05, 4.69) is 279 Å². The molecule has 1 saturated heterocycles. The van der Waals surface area contributed by atoms with Crippen molar-refractivity contribution >= 4 is 67.1 Å². The third-order valence-corrected chi connectivity index (χ3v) is 16.2. The van der Waals surface area contributed by atoms with Crippen molar-refractivity contribution in [1.29, 1.82) is 0 Å². The smallest absolute Gasteiger partial charge is 0.399 e. The fraction of sp³-hybridized carbons (Fsp3) is 0.0822. The fourth-order valence-corrected chi connectivity index (χ4v) is 11.2. The third-order valence-electron chi connectivity index (χ3n) is 16.2. The molecule has 15 rings (SSSR count). The predicted molar refractivity (Wildman–Crippen MR) is 335 cm³/mol. The number of aromatic nitrogens is 5. The zero-order valence-corrected chi connectivity index (χ0v) is 45.5. The molecule has 0 unspecified atom stereocenters. The highest BCUT2D eigenvalue weighted by molar-refractivity contribution is 6.62. The number of nitrogens with zero attached hydrogens (tertiary/aromatic N) is 5. The second kappa shape index (κ2) is 20.2. The van der Waals surface area contributed by atoms with E-state index >= 15 is 0 Å². The number of hydrogen-bond donors (Lipinski definition) is 0. The average Bonchev–Trinajstić information content (AvgIpc) is 4.33. The van der Waals surface area contributed by atoms with E-state index in [1.807, 2.05) is 24.3 Å². The Bertz CT molecular complexity index is 4630. The van der Waals surface area contributed by atoms with Gasteiger partial charge in [-0.2, -0.15) is 0 Å². The predicted octanol–water partition coefficient (Wildman–Crippen LogP) is 17.5. The van der Waals surface area contributed by atoms with Gasteiger partial charge in [0.25, 0.3) is 0 Å². The van der Waals surface area contributed by atoms with E-state index in [0.717, 1.165) is 95.0 Å². The van der Waals surface area contributed by atoms with Crippen molar-refractivity contribution < 1.29 is 9.31 Å². The molecule has 1 fully saturated rings. The molecule has 11 aromatic carbocycles. The third kappa shape index (κ3) is 9.24. The molecule has 0 N–H and O–H groups in total. The number of fused-ring (bicyclic) bond motifs is 5. The van der Waals surface area contributed by atoms with Gasteiger partial charge in [-0.05, 0) is 156 Å². The Morgan fingerprint density at radius 1 is 0.333 bits per heavy atom. The minimum atomic E-state index is -0.364. The van der Waals surface area contributed by atoms with E-state index in [9.17, 15) is 0 Å². The second-order valence-corrected chi connectivity index (χ2v) is 21.9. The number of hydrogen-bond acceptors (Lipinski definition) is 5. The molecule has 0 spiro atoms. The van der Waals surface area contributed by atoms with Gasteiger partial charge in [0.15, 0.2) is 0 Å². The topological polar surface area (TPSA) is 67.0 Å². The quantitative estimate of drug-likeness (QED) is 0.142. The summed E-state index contributed by atoms with van der Waals surface area (Å²) in [5, 5.41) is 6.02. The summed E-state index contributed by atoms with van der Waals surface area (Å²) in [6, 6.07) is 93.8. The number of pyridine rings is 1. The molecule has 0 amide bonds. The highest BCUT2D eigenvalue weighted by atomic mass is 16.7. The van der Waals surface area contributed by atoms with E-state index in [1.165, 1.54) is 32.7 Å². The van der Waals surface area contributed by atoms with Gasteiger partial charge in [-0.15, -0.1) is 0 Å². The molecule has 388 valence electrons. The number of benzene rings is 11. The van der Waals surface area contributed by atoms with Crippen LogP contribution in [0.15, 0.2) is 267 Å². The standard InChI is InChI=1S/C48H31N3.C25H25BN2O2/c1-2-14-41(15-3-1)51-47-17-9-8-16-45(47)50-48(51)35-22-20-34(21-23-35)42-31-46(40-25-19-33-11-5-7-13-37(33)29-40)49-44-27-26-39(30-43(42)44)38-24-18-32-10-4-6-12-36(32)28-38;1-24(2)25(3,4)30-26(29-24)19-16-14-18(15-17-19)23-27-21-12-8-9-13-22(21)28(23)20-10-6-5-7-11-20/h1-31H;5-17H,1-4H3. The maximum absolute atomic E-state index is 6.19. The van der Waals surface area contributed by atoms with Gasteiger partial charge in [0, 0.05) is 33.5 Å². The fourth-order valence-electron chi connectivity index (χ4n) is 11.2. The van der Waals surface area contributed by atoms with Crippen LogP contribution in [-0.2, 0) is 9.31 Å². The summed E-state index contributed by atoms with van der Waals surface area (Å²) in [6.45, 7) is 8.29. The zero-order chi connectivity index (χ0) is 54.7. The summed E-state index contributed by atoms with van der Waals surface area (Å²) in [5.41, 5.74) is 16.4. The van der Waals surface area contributed by atoms with Gasteiger partial charge in [0.05, 0.1) is 44.5 Å². The first kappa shape index (κ1) is 49.6. The molecule has 0 bridgehead atoms. The maximum Gasteiger partial charge on any atom is 0.494 e. The molecule has 0 radical (unpaired) electrons. The van der Waals surface area contributed by atoms with Crippen molar-refractivity contribution in [1.82, 2.24) is 24.1 Å². The number of rotatable bonds is 8. The first-order valence-corrected chi connectivity index (χ1v) is 27.7. The van der Waals surface area contributed by atoms with Crippen LogP contribution in [-0.4, -0.2) is 42.4 Å². The SMILES string of the molecule is CC1(C)OB(c2ccc(-c3nc4ccccc4n3-c3ccccc3)cc2)OC1(C)C.c1ccc(-n2c(-c3ccc(-c4cc(-c5ccc6ccccc6c5)nc5ccc(-c6ccc7ccccc7c6)cc45)cc3)nc3ccccc32)cc1. The van der Waals surface area contributed by atoms with Crippen LogP contribution in [0.5, 0.6) is 0 Å². The Hall–Kier alpha value is -9.73. The van der Waals surface area contributed by atoms with Crippen molar-refractivity contribution in [3.05, 3.63) is 267 Å². The lowest BCUT2D eigenvalue weighted by molar-refractivity contribution is 0.00578. The molecule has 0 aliphatic carbocycles. The summed E-state index contributed by atoms with van der Waals surface area (Å²) >= 11 is 0. The van der Waals surface area contributed by atoms with Crippen LogP contribution in [0.2, 0.25) is 0 Å². The molecule has 1 aliphatic rings. The highest BCUT2D eigenvalue weighted by Crippen LogP contribution is 2.39. The molecular weight excluding hydrogens is 990 g/mol. The van der Waals surface area contributed by atoms with Crippen LogP contribution in [0.1, 0.15) is 27.7 Å². The van der Waals surface area contributed by atoms with Crippen molar-refractivity contribution in [2.75, 3.05) is 0 Å². The van der Waals surface area contributed by atoms with Gasteiger partial charge >= 0.3 is 7.12 Å². The maximum atomic E-state index is 6.19. The van der Waals surface area contributed by atoms with E-state index in [0.29, 0.717) is 0 Å². The van der Waals surface area contributed by atoms with Gasteiger partial charge in [0.1, 0.15) is 11.6 Å². The molecule has 8 heteroatoms. The lowest BCUT2D eigenvalue weighted by Crippen LogP contribution is -2.41. The van der Waals surface area contributed by atoms with Gasteiger partial charge in [-0.25, -0.2) is 15.0 Å². The molecule has 4 heterocycles. The monoisotopic (exact) mass is 1050 g/mol. The first-order valence-electron chi connectivity index (χ1n) is 27.7. The molecule has 3 aromatic heterocycles. The first-order chi connectivity index (χ1) is 39.6. The minimum Gasteiger partial charge on any atom is -0.399 e. The lowest BCUT2D eigenvalue weighted by Gasteiger charge is -2.32. The van der Waals surface area contributed by atoms with Crippen LogP contribution < -0.4 is 5.46 Å². The molecule has 0 atom stereocenters. The second-order valence-electron chi connectivity index (χ2n) is 21.9. The van der Waals surface area contributed by atoms with Crippen molar-refractivity contribution in [2.45, 2.75) is 38.9 Å². The molecular formula is C73H56BN5O2. The molecule has 7 nitrogen and oxygen atoms in total. The Kier molecular flexibility index (Phi) is 12.3. The van der Waals surface area contributed by atoms with Crippen LogP contribution in [0.25, 0.3) is 122 Å². The van der Waals surface area contributed by atoms with Gasteiger partial charge in [0.2, 0.25) is 0 Å². The van der Waals surface area contributed by atoms with E-state index in [4.69, 9.17) is 24.3 Å². The summed E-state index contributed by atoms with van der Waals surface area (Å²) < 4.78 is 16.8. The zero-order valence-electron chi connectivity index (χ0n) is 45.5. The van der Waals surface area contributed by atoms with Crippen molar-refractivity contribution in [2.24, 2.45) is 0 Å². The van der Waals surface area contributed by atoms with Gasteiger partial charge in [-0.1, -0.05) is 188 Å².